The van der Waals surface area contributed by atoms with Gasteiger partial charge in [-0.3, -0.25) is 4.98 Å². The van der Waals surface area contributed by atoms with Gasteiger partial charge in [-0.05, 0) is 31.0 Å². The summed E-state index contributed by atoms with van der Waals surface area (Å²) in [5.41, 5.74) is 3.74. The van der Waals surface area contributed by atoms with Crippen molar-refractivity contribution >= 4 is 0 Å². The van der Waals surface area contributed by atoms with Gasteiger partial charge in [0, 0.05) is 18.8 Å². The summed E-state index contributed by atoms with van der Waals surface area (Å²) >= 11 is 0. The lowest BCUT2D eigenvalue weighted by atomic mass is 10.0. The highest BCUT2D eigenvalue weighted by molar-refractivity contribution is 5.24. The van der Waals surface area contributed by atoms with Gasteiger partial charge < -0.3 is 5.32 Å². The van der Waals surface area contributed by atoms with E-state index in [1.54, 1.807) is 0 Å². The van der Waals surface area contributed by atoms with Gasteiger partial charge in [0.15, 0.2) is 0 Å². The van der Waals surface area contributed by atoms with Gasteiger partial charge in [-0.2, -0.15) is 0 Å². The Kier molecular flexibility index (Phi) is 4.48. The summed E-state index contributed by atoms with van der Waals surface area (Å²) in [7, 11) is 0. The first-order chi connectivity index (χ1) is 8.79. The van der Waals surface area contributed by atoms with E-state index in [1.165, 1.54) is 11.1 Å². The largest absolute Gasteiger partial charge is 0.304 e. The first kappa shape index (κ1) is 12.8. The van der Waals surface area contributed by atoms with Crippen LogP contribution < -0.4 is 5.32 Å². The summed E-state index contributed by atoms with van der Waals surface area (Å²) in [4.78, 5) is 4.33. The third kappa shape index (κ3) is 3.41. The molecule has 0 aliphatic rings. The predicted octanol–water partition coefficient (Wildman–Crippen LogP) is 3.63. The zero-order valence-corrected chi connectivity index (χ0v) is 11.1. The molecule has 0 amide bonds. The Hall–Kier alpha value is -1.67. The Bertz CT molecular complexity index is 462. The number of hydrogen-bond donors (Lipinski definition) is 1. The molecule has 1 aromatic carbocycles. The lowest BCUT2D eigenvalue weighted by Gasteiger charge is -2.17. The average molecular weight is 240 g/mol. The molecule has 2 rings (SSSR count). The highest BCUT2D eigenvalue weighted by Crippen LogP contribution is 2.17. The topological polar surface area (TPSA) is 24.9 Å². The molecule has 1 heterocycles. The third-order valence-electron chi connectivity index (χ3n) is 3.14. The van der Waals surface area contributed by atoms with Gasteiger partial charge in [0.2, 0.25) is 0 Å². The lowest BCUT2D eigenvalue weighted by molar-refractivity contribution is 0.514. The van der Waals surface area contributed by atoms with E-state index in [0.717, 1.165) is 18.7 Å². The van der Waals surface area contributed by atoms with Gasteiger partial charge in [-0.25, -0.2) is 0 Å². The maximum atomic E-state index is 4.33. The number of hydrogen-bond acceptors (Lipinski definition) is 2. The maximum Gasteiger partial charge on any atom is 0.0541 e. The quantitative estimate of drug-likeness (QED) is 0.863. The molecule has 1 atom stereocenters. The van der Waals surface area contributed by atoms with E-state index >= 15 is 0 Å². The van der Waals surface area contributed by atoms with E-state index in [1.807, 2.05) is 18.3 Å². The van der Waals surface area contributed by atoms with Gasteiger partial charge in [-0.1, -0.05) is 42.8 Å². The van der Waals surface area contributed by atoms with E-state index < -0.39 is 0 Å². The van der Waals surface area contributed by atoms with Crippen LogP contribution in [-0.2, 0) is 6.54 Å². The summed E-state index contributed by atoms with van der Waals surface area (Å²) in [6.45, 7) is 5.13. The van der Waals surface area contributed by atoms with Crippen molar-refractivity contribution < 1.29 is 0 Å². The lowest BCUT2D eigenvalue weighted by Crippen LogP contribution is -2.20. The van der Waals surface area contributed by atoms with Gasteiger partial charge >= 0.3 is 0 Å². The average Bonchev–Trinajstić information content (AvgIpc) is 2.42. The monoisotopic (exact) mass is 240 g/mol. The Morgan fingerprint density at radius 1 is 1.11 bits per heavy atom. The minimum absolute atomic E-state index is 0.396. The molecule has 0 saturated carbocycles. The molecule has 94 valence electrons. The summed E-state index contributed by atoms with van der Waals surface area (Å²) in [6.07, 6.45) is 2.92. The second-order valence-corrected chi connectivity index (χ2v) is 4.57. The number of aromatic nitrogens is 1. The minimum Gasteiger partial charge on any atom is -0.304 e. The molecular formula is C16H20N2. The number of nitrogens with zero attached hydrogens (tertiary/aromatic N) is 1. The second kappa shape index (κ2) is 6.31. The van der Waals surface area contributed by atoms with E-state index in [-0.39, 0.29) is 0 Å². The van der Waals surface area contributed by atoms with Crippen LogP contribution in [0.5, 0.6) is 0 Å². The van der Waals surface area contributed by atoms with E-state index in [9.17, 15) is 0 Å². The number of nitrogens with one attached hydrogen (secondary N) is 1. The molecule has 0 bridgehead atoms. The van der Waals surface area contributed by atoms with Crippen molar-refractivity contribution in [3.8, 4) is 0 Å². The van der Waals surface area contributed by atoms with Crippen LogP contribution in [0.25, 0.3) is 0 Å². The molecule has 1 N–H and O–H groups in total. The number of aryl methyl sites for hydroxylation is 1. The third-order valence-corrected chi connectivity index (χ3v) is 3.14. The van der Waals surface area contributed by atoms with Gasteiger partial charge in [0.05, 0.1) is 5.69 Å². The molecule has 0 radical (unpaired) electrons. The fraction of sp³-hybridized carbons (Fsp3) is 0.312. The van der Waals surface area contributed by atoms with Crippen LogP contribution in [0.15, 0.2) is 48.7 Å². The fourth-order valence-electron chi connectivity index (χ4n) is 2.03. The molecule has 0 aliphatic heterocycles. The highest BCUT2D eigenvalue weighted by Gasteiger charge is 2.08. The highest BCUT2D eigenvalue weighted by atomic mass is 14.9. The van der Waals surface area contributed by atoms with Gasteiger partial charge in [-0.15, -0.1) is 0 Å². The second-order valence-electron chi connectivity index (χ2n) is 4.57. The van der Waals surface area contributed by atoms with E-state index in [2.05, 4.69) is 54.5 Å². The molecule has 2 aromatic rings. The van der Waals surface area contributed by atoms with Crippen LogP contribution in [0.2, 0.25) is 0 Å². The van der Waals surface area contributed by atoms with E-state index in [4.69, 9.17) is 0 Å². The van der Waals surface area contributed by atoms with Crippen molar-refractivity contribution in [1.29, 1.82) is 0 Å². The van der Waals surface area contributed by atoms with Crippen molar-refractivity contribution in [1.82, 2.24) is 10.3 Å². The molecule has 18 heavy (non-hydrogen) atoms. The van der Waals surface area contributed by atoms with Crippen LogP contribution >= 0.6 is 0 Å². The molecular weight excluding hydrogens is 220 g/mol. The Morgan fingerprint density at radius 2 is 1.89 bits per heavy atom. The van der Waals surface area contributed by atoms with Crippen LogP contribution in [0.1, 0.15) is 36.2 Å². The summed E-state index contributed by atoms with van der Waals surface area (Å²) in [6, 6.07) is 15.2. The van der Waals surface area contributed by atoms with Crippen molar-refractivity contribution in [2.24, 2.45) is 0 Å². The van der Waals surface area contributed by atoms with Crippen molar-refractivity contribution in [3.05, 3.63) is 65.5 Å². The van der Waals surface area contributed by atoms with Crippen LogP contribution in [-0.4, -0.2) is 4.98 Å². The van der Waals surface area contributed by atoms with Crippen molar-refractivity contribution in [2.45, 2.75) is 32.9 Å². The van der Waals surface area contributed by atoms with Crippen LogP contribution in [0, 0.1) is 6.92 Å². The maximum absolute atomic E-state index is 4.33. The van der Waals surface area contributed by atoms with Crippen LogP contribution in [0.3, 0.4) is 0 Å². The van der Waals surface area contributed by atoms with Gasteiger partial charge in [0.1, 0.15) is 0 Å². The molecule has 0 fully saturated rings. The van der Waals surface area contributed by atoms with Gasteiger partial charge in [0.25, 0.3) is 0 Å². The number of benzene rings is 1. The fourth-order valence-corrected chi connectivity index (χ4v) is 2.03. The van der Waals surface area contributed by atoms with E-state index in [0.29, 0.717) is 6.04 Å². The SMILES string of the molecule is CCC(NCc1ccccn1)c1ccc(C)cc1. The zero-order valence-electron chi connectivity index (χ0n) is 11.1. The Morgan fingerprint density at radius 3 is 2.50 bits per heavy atom. The zero-order chi connectivity index (χ0) is 12.8. The molecule has 1 aromatic heterocycles. The standard InChI is InChI=1S/C16H20N2/c1-3-16(14-9-7-13(2)8-10-14)18-12-15-6-4-5-11-17-15/h4-11,16,18H,3,12H2,1-2H3. The Labute approximate surface area is 109 Å². The molecule has 2 nitrogen and oxygen atoms in total. The smallest absolute Gasteiger partial charge is 0.0541 e. The number of pyridine rings is 1. The Balaban J connectivity index is 1.99. The number of rotatable bonds is 5. The van der Waals surface area contributed by atoms with Crippen molar-refractivity contribution in [2.75, 3.05) is 0 Å². The minimum atomic E-state index is 0.396. The van der Waals surface area contributed by atoms with Crippen molar-refractivity contribution in [3.63, 3.8) is 0 Å². The molecule has 0 saturated heterocycles. The molecule has 2 heteroatoms. The summed E-state index contributed by atoms with van der Waals surface area (Å²) in [5.74, 6) is 0. The summed E-state index contributed by atoms with van der Waals surface area (Å²) in [5, 5.41) is 3.56. The molecule has 0 spiro atoms. The normalized spacial score (nSPS) is 12.3. The first-order valence-electron chi connectivity index (χ1n) is 6.49. The van der Waals surface area contributed by atoms with Crippen LogP contribution in [0.4, 0.5) is 0 Å². The summed E-state index contributed by atoms with van der Waals surface area (Å²) < 4.78 is 0. The predicted molar refractivity (Wildman–Crippen MR) is 75.3 cm³/mol. The molecule has 0 aliphatic carbocycles. The molecule has 1 unspecified atom stereocenters. The first-order valence-corrected chi connectivity index (χ1v) is 6.49.